The van der Waals surface area contributed by atoms with Crippen LogP contribution in [-0.2, 0) is 20.9 Å². The molecule has 0 aliphatic heterocycles. The van der Waals surface area contributed by atoms with Crippen molar-refractivity contribution in [1.82, 2.24) is 19.9 Å². The maximum atomic E-state index is 11.8. The summed E-state index contributed by atoms with van der Waals surface area (Å²) in [7, 11) is 1.49. The summed E-state index contributed by atoms with van der Waals surface area (Å²) in [6, 6.07) is 0. The molecule has 0 aliphatic carbocycles. The normalized spacial score (nSPS) is 10.2. The zero-order valence-corrected chi connectivity index (χ0v) is 9.44. The molecule has 1 amide bonds. The first-order valence-electron chi connectivity index (χ1n) is 4.96. The Labute approximate surface area is 97.8 Å². The maximum absolute atomic E-state index is 11.8. The maximum Gasteiger partial charge on any atom is 0.323 e. The summed E-state index contributed by atoms with van der Waals surface area (Å²) in [6.45, 7) is 0.139. The minimum absolute atomic E-state index is 0.0308. The lowest BCUT2D eigenvalue weighted by Gasteiger charge is -2.19. The first-order chi connectivity index (χ1) is 8.13. The van der Waals surface area contributed by atoms with Crippen LogP contribution in [-0.4, -0.2) is 63.7 Å². The third-order valence-electron chi connectivity index (χ3n) is 2.01. The number of ether oxygens (including phenoxy) is 1. The first kappa shape index (κ1) is 13.1. The second-order valence-electron chi connectivity index (χ2n) is 3.30. The zero-order chi connectivity index (χ0) is 12.7. The topological polar surface area (TPSA) is 97.6 Å². The quantitative estimate of drug-likeness (QED) is 0.647. The molecule has 1 rings (SSSR count). The largest absolute Gasteiger partial charge is 0.480 e. The molecule has 0 saturated heterocycles. The highest BCUT2D eigenvalue weighted by Crippen LogP contribution is 1.94. The number of rotatable bonds is 7. The summed E-state index contributed by atoms with van der Waals surface area (Å²) in [5, 5.41) is 15.9. The minimum atomic E-state index is -1.06. The van der Waals surface area contributed by atoms with Gasteiger partial charge in [-0.25, -0.2) is 4.68 Å². The Hall–Kier alpha value is -1.96. The molecule has 8 heteroatoms. The molecule has 0 aliphatic rings. The molecule has 0 saturated carbocycles. The summed E-state index contributed by atoms with van der Waals surface area (Å²) >= 11 is 0. The van der Waals surface area contributed by atoms with Crippen LogP contribution >= 0.6 is 0 Å². The molecule has 0 fully saturated rings. The average molecular weight is 242 g/mol. The van der Waals surface area contributed by atoms with E-state index in [0.29, 0.717) is 0 Å². The van der Waals surface area contributed by atoms with Crippen molar-refractivity contribution in [2.24, 2.45) is 0 Å². The Kier molecular flexibility index (Phi) is 5.08. The van der Waals surface area contributed by atoms with Crippen LogP contribution in [0.4, 0.5) is 0 Å². The van der Waals surface area contributed by atoms with Gasteiger partial charge in [0.2, 0.25) is 5.91 Å². The molecule has 0 bridgehead atoms. The number of hydrogen-bond acceptors (Lipinski definition) is 5. The SMILES string of the molecule is COCCN(CC(=O)O)C(=O)Cn1ccnn1. The Bertz CT molecular complexity index is 365. The molecule has 1 aromatic rings. The predicted molar refractivity (Wildman–Crippen MR) is 56.1 cm³/mol. The molecule has 17 heavy (non-hydrogen) atoms. The van der Waals surface area contributed by atoms with E-state index in [1.807, 2.05) is 0 Å². The number of carboxylic acids is 1. The Balaban J connectivity index is 2.55. The van der Waals surface area contributed by atoms with E-state index in [1.54, 1.807) is 0 Å². The van der Waals surface area contributed by atoms with Crippen LogP contribution in [0.2, 0.25) is 0 Å². The van der Waals surface area contributed by atoms with E-state index in [0.717, 1.165) is 0 Å². The lowest BCUT2D eigenvalue weighted by molar-refractivity contribution is -0.145. The second kappa shape index (κ2) is 6.59. The number of methoxy groups -OCH3 is 1. The molecular weight excluding hydrogens is 228 g/mol. The van der Waals surface area contributed by atoms with Crippen LogP contribution in [0.25, 0.3) is 0 Å². The Morgan fingerprint density at radius 2 is 2.29 bits per heavy atom. The number of hydrogen-bond donors (Lipinski definition) is 1. The van der Waals surface area contributed by atoms with E-state index >= 15 is 0 Å². The van der Waals surface area contributed by atoms with E-state index < -0.39 is 5.97 Å². The van der Waals surface area contributed by atoms with Crippen LogP contribution < -0.4 is 0 Å². The number of carbonyl (C=O) groups is 2. The van der Waals surface area contributed by atoms with Crippen molar-refractivity contribution < 1.29 is 19.4 Å². The van der Waals surface area contributed by atoms with E-state index in [9.17, 15) is 9.59 Å². The van der Waals surface area contributed by atoms with Gasteiger partial charge in [0.1, 0.15) is 13.1 Å². The van der Waals surface area contributed by atoms with E-state index in [2.05, 4.69) is 10.3 Å². The van der Waals surface area contributed by atoms with Gasteiger partial charge in [-0.3, -0.25) is 9.59 Å². The Morgan fingerprint density at radius 3 is 2.82 bits per heavy atom. The van der Waals surface area contributed by atoms with Crippen molar-refractivity contribution in [2.45, 2.75) is 6.54 Å². The van der Waals surface area contributed by atoms with Gasteiger partial charge in [0, 0.05) is 19.9 Å². The fraction of sp³-hybridized carbons (Fsp3) is 0.556. The van der Waals surface area contributed by atoms with Crippen molar-refractivity contribution in [3.8, 4) is 0 Å². The molecule has 0 aromatic carbocycles. The number of amides is 1. The van der Waals surface area contributed by atoms with Crippen molar-refractivity contribution in [3.05, 3.63) is 12.4 Å². The van der Waals surface area contributed by atoms with Gasteiger partial charge in [0.15, 0.2) is 0 Å². The predicted octanol–water partition coefficient (Wildman–Crippen LogP) is -1.16. The molecule has 8 nitrogen and oxygen atoms in total. The summed E-state index contributed by atoms with van der Waals surface area (Å²) in [5.74, 6) is -1.40. The summed E-state index contributed by atoms with van der Waals surface area (Å²) in [5.41, 5.74) is 0. The lowest BCUT2D eigenvalue weighted by atomic mass is 10.4. The molecule has 0 atom stereocenters. The van der Waals surface area contributed by atoms with E-state index in [-0.39, 0.29) is 32.1 Å². The summed E-state index contributed by atoms with van der Waals surface area (Å²) < 4.78 is 6.15. The molecule has 1 N–H and O–H groups in total. The van der Waals surface area contributed by atoms with Crippen molar-refractivity contribution in [3.63, 3.8) is 0 Å². The van der Waals surface area contributed by atoms with Gasteiger partial charge in [0.25, 0.3) is 0 Å². The molecule has 0 spiro atoms. The van der Waals surface area contributed by atoms with Gasteiger partial charge >= 0.3 is 5.97 Å². The van der Waals surface area contributed by atoms with Crippen LogP contribution in [0.15, 0.2) is 12.4 Å². The van der Waals surface area contributed by atoms with Crippen molar-refractivity contribution in [2.75, 3.05) is 26.8 Å². The third kappa shape index (κ3) is 4.60. The highest BCUT2D eigenvalue weighted by Gasteiger charge is 2.16. The smallest absolute Gasteiger partial charge is 0.323 e. The summed E-state index contributed by atoms with van der Waals surface area (Å²) in [6.07, 6.45) is 2.98. The van der Waals surface area contributed by atoms with E-state index in [1.165, 1.54) is 29.1 Å². The van der Waals surface area contributed by atoms with Crippen LogP contribution in [0.5, 0.6) is 0 Å². The number of aromatic nitrogens is 3. The van der Waals surface area contributed by atoms with Gasteiger partial charge in [0.05, 0.1) is 12.8 Å². The Morgan fingerprint density at radius 1 is 1.53 bits per heavy atom. The first-order valence-corrected chi connectivity index (χ1v) is 4.96. The van der Waals surface area contributed by atoms with Crippen LogP contribution in [0, 0.1) is 0 Å². The van der Waals surface area contributed by atoms with E-state index in [4.69, 9.17) is 9.84 Å². The van der Waals surface area contributed by atoms with Crippen LogP contribution in [0.3, 0.4) is 0 Å². The lowest BCUT2D eigenvalue weighted by Crippen LogP contribution is -2.40. The van der Waals surface area contributed by atoms with Gasteiger partial charge in [-0.1, -0.05) is 5.21 Å². The van der Waals surface area contributed by atoms with Gasteiger partial charge in [-0.2, -0.15) is 0 Å². The zero-order valence-electron chi connectivity index (χ0n) is 9.44. The fourth-order valence-electron chi connectivity index (χ4n) is 1.21. The third-order valence-corrected chi connectivity index (χ3v) is 2.01. The molecule has 0 radical (unpaired) electrons. The number of nitrogens with zero attached hydrogens (tertiary/aromatic N) is 4. The van der Waals surface area contributed by atoms with Gasteiger partial charge < -0.3 is 14.7 Å². The average Bonchev–Trinajstić information content (AvgIpc) is 2.76. The fourth-order valence-corrected chi connectivity index (χ4v) is 1.21. The minimum Gasteiger partial charge on any atom is -0.480 e. The number of carbonyl (C=O) groups excluding carboxylic acids is 1. The monoisotopic (exact) mass is 242 g/mol. The number of aliphatic carboxylic acids is 1. The van der Waals surface area contributed by atoms with Crippen molar-refractivity contribution >= 4 is 11.9 Å². The molecule has 94 valence electrons. The highest BCUT2D eigenvalue weighted by molar-refractivity contribution is 5.81. The molecule has 0 unspecified atom stereocenters. The van der Waals surface area contributed by atoms with Crippen LogP contribution in [0.1, 0.15) is 0 Å². The number of carboxylic acid groups (broad SMARTS) is 1. The second-order valence-corrected chi connectivity index (χ2v) is 3.30. The molecule has 1 aromatic heterocycles. The van der Waals surface area contributed by atoms with Gasteiger partial charge in [-0.05, 0) is 0 Å². The van der Waals surface area contributed by atoms with Crippen molar-refractivity contribution in [1.29, 1.82) is 0 Å². The standard InChI is InChI=1S/C9H14N4O4/c1-17-5-4-12(7-9(15)16)8(14)6-13-3-2-10-11-13/h2-3H,4-7H2,1H3,(H,15,16). The summed E-state index contributed by atoms with van der Waals surface area (Å²) in [4.78, 5) is 23.6. The van der Waals surface area contributed by atoms with Gasteiger partial charge in [-0.15, -0.1) is 5.10 Å². The highest BCUT2D eigenvalue weighted by atomic mass is 16.5. The molecule has 1 heterocycles. The molecular formula is C9H14N4O4.